The van der Waals surface area contributed by atoms with Crippen LogP contribution in [0, 0.1) is 6.92 Å². The molecule has 1 fully saturated rings. The van der Waals surface area contributed by atoms with Gasteiger partial charge >= 0.3 is 0 Å². The van der Waals surface area contributed by atoms with Crippen LogP contribution in [-0.4, -0.2) is 47.0 Å². The smallest absolute Gasteiger partial charge is 0.228 e. The molecule has 7 heteroatoms. The Balaban J connectivity index is 1.86. The topological polar surface area (TPSA) is 75.4 Å². The molecule has 0 spiro atoms. The first-order chi connectivity index (χ1) is 9.54. The molecule has 2 N–H and O–H groups in total. The van der Waals surface area contributed by atoms with Crippen LogP contribution in [0.2, 0.25) is 0 Å². The van der Waals surface area contributed by atoms with E-state index < -0.39 is 0 Å². The number of nitrogen functional groups attached to an aromatic ring is 1. The number of carbonyl (C=O) groups is 1. The van der Waals surface area contributed by atoms with Crippen molar-refractivity contribution in [2.24, 2.45) is 0 Å². The van der Waals surface area contributed by atoms with Crippen LogP contribution in [0.25, 0.3) is 10.2 Å². The van der Waals surface area contributed by atoms with Gasteiger partial charge in [0.2, 0.25) is 11.9 Å². The minimum absolute atomic E-state index is 0.120. The number of anilines is 2. The highest BCUT2D eigenvalue weighted by Gasteiger charge is 2.21. The summed E-state index contributed by atoms with van der Waals surface area (Å²) in [4.78, 5) is 26.4. The molecule has 6 nitrogen and oxygen atoms in total. The van der Waals surface area contributed by atoms with Gasteiger partial charge in [-0.2, -0.15) is 4.98 Å². The minimum Gasteiger partial charge on any atom is -0.383 e. The van der Waals surface area contributed by atoms with E-state index in [9.17, 15) is 4.79 Å². The molecule has 0 bridgehead atoms. The minimum atomic E-state index is 0.120. The lowest BCUT2D eigenvalue weighted by atomic mass is 10.3. The van der Waals surface area contributed by atoms with Crippen LogP contribution in [0.5, 0.6) is 0 Å². The van der Waals surface area contributed by atoms with Crippen LogP contribution < -0.4 is 10.6 Å². The molecule has 106 valence electrons. The SMILES string of the molecule is CC(=O)N1CCN(c2nc(N)c3cc(C)sc3n2)CC1. The summed E-state index contributed by atoms with van der Waals surface area (Å²) in [5.41, 5.74) is 6.02. The van der Waals surface area contributed by atoms with Crippen molar-refractivity contribution in [2.75, 3.05) is 36.8 Å². The number of piperazine rings is 1. The van der Waals surface area contributed by atoms with Gasteiger partial charge in [0, 0.05) is 38.0 Å². The molecule has 20 heavy (non-hydrogen) atoms. The molecule has 1 amide bonds. The third-order valence-electron chi connectivity index (χ3n) is 3.54. The Labute approximate surface area is 121 Å². The predicted molar refractivity (Wildman–Crippen MR) is 81.0 cm³/mol. The maximum Gasteiger partial charge on any atom is 0.228 e. The van der Waals surface area contributed by atoms with E-state index >= 15 is 0 Å². The van der Waals surface area contributed by atoms with Gasteiger partial charge in [-0.05, 0) is 13.0 Å². The van der Waals surface area contributed by atoms with Crippen LogP contribution in [0.15, 0.2) is 6.07 Å². The molecule has 2 aromatic heterocycles. The highest BCUT2D eigenvalue weighted by atomic mass is 32.1. The Bertz CT molecular complexity index is 660. The van der Waals surface area contributed by atoms with Gasteiger partial charge in [-0.15, -0.1) is 11.3 Å². The summed E-state index contributed by atoms with van der Waals surface area (Å²) in [6.45, 7) is 6.55. The van der Waals surface area contributed by atoms with Gasteiger partial charge in [0.25, 0.3) is 0 Å². The molecule has 0 radical (unpaired) electrons. The fourth-order valence-corrected chi connectivity index (χ4v) is 3.30. The van der Waals surface area contributed by atoms with Gasteiger partial charge in [-0.3, -0.25) is 4.79 Å². The number of amides is 1. The summed E-state index contributed by atoms with van der Waals surface area (Å²) in [6.07, 6.45) is 0. The van der Waals surface area contributed by atoms with E-state index in [1.807, 2.05) is 17.9 Å². The molecule has 2 aromatic rings. The first kappa shape index (κ1) is 13.1. The molecule has 0 aromatic carbocycles. The van der Waals surface area contributed by atoms with Crippen LogP contribution >= 0.6 is 11.3 Å². The van der Waals surface area contributed by atoms with Crippen molar-refractivity contribution in [3.8, 4) is 0 Å². The van der Waals surface area contributed by atoms with Crippen molar-refractivity contribution in [3.05, 3.63) is 10.9 Å². The molecular formula is C13H17N5OS. The first-order valence-corrected chi connectivity index (χ1v) is 7.40. The van der Waals surface area contributed by atoms with Gasteiger partial charge in [0.1, 0.15) is 10.6 Å². The summed E-state index contributed by atoms with van der Waals surface area (Å²) >= 11 is 1.63. The lowest BCUT2D eigenvalue weighted by Crippen LogP contribution is -2.48. The van der Waals surface area contributed by atoms with Gasteiger partial charge in [0.15, 0.2) is 0 Å². The van der Waals surface area contributed by atoms with Gasteiger partial charge < -0.3 is 15.5 Å². The average molecular weight is 291 g/mol. The van der Waals surface area contributed by atoms with Crippen molar-refractivity contribution >= 4 is 39.2 Å². The number of nitrogens with zero attached hydrogens (tertiary/aromatic N) is 4. The van der Waals surface area contributed by atoms with E-state index in [0.29, 0.717) is 24.9 Å². The number of fused-ring (bicyclic) bond motifs is 1. The number of rotatable bonds is 1. The van der Waals surface area contributed by atoms with Crippen molar-refractivity contribution in [1.29, 1.82) is 0 Å². The number of aryl methyl sites for hydroxylation is 1. The van der Waals surface area contributed by atoms with Crippen LogP contribution in [0.3, 0.4) is 0 Å². The van der Waals surface area contributed by atoms with E-state index in [0.717, 1.165) is 23.3 Å². The van der Waals surface area contributed by atoms with Crippen molar-refractivity contribution in [3.63, 3.8) is 0 Å². The summed E-state index contributed by atoms with van der Waals surface area (Å²) in [5, 5.41) is 0.929. The quantitative estimate of drug-likeness (QED) is 0.856. The van der Waals surface area contributed by atoms with Gasteiger partial charge in [0.05, 0.1) is 5.39 Å². The molecule has 0 saturated carbocycles. The average Bonchev–Trinajstić information content (AvgIpc) is 2.80. The second-order valence-corrected chi connectivity index (χ2v) is 6.21. The lowest BCUT2D eigenvalue weighted by molar-refractivity contribution is -0.129. The Hall–Kier alpha value is -1.89. The highest BCUT2D eigenvalue weighted by Crippen LogP contribution is 2.29. The zero-order valence-electron chi connectivity index (χ0n) is 11.6. The maximum absolute atomic E-state index is 11.3. The van der Waals surface area contributed by atoms with Crippen molar-refractivity contribution in [1.82, 2.24) is 14.9 Å². The van der Waals surface area contributed by atoms with Gasteiger partial charge in [-0.25, -0.2) is 4.98 Å². The monoisotopic (exact) mass is 291 g/mol. The molecule has 0 unspecified atom stereocenters. The second-order valence-electron chi connectivity index (χ2n) is 4.98. The third kappa shape index (κ3) is 2.29. The van der Waals surface area contributed by atoms with Crippen molar-refractivity contribution < 1.29 is 4.79 Å². The Morgan fingerprint density at radius 3 is 2.65 bits per heavy atom. The maximum atomic E-state index is 11.3. The summed E-state index contributed by atoms with van der Waals surface area (Å²) in [7, 11) is 0. The van der Waals surface area contributed by atoms with Crippen molar-refractivity contribution in [2.45, 2.75) is 13.8 Å². The van der Waals surface area contributed by atoms with E-state index in [4.69, 9.17) is 5.73 Å². The van der Waals surface area contributed by atoms with E-state index in [1.165, 1.54) is 4.88 Å². The molecule has 3 heterocycles. The normalized spacial score (nSPS) is 15.9. The molecule has 1 aliphatic rings. The number of aromatic nitrogens is 2. The van der Waals surface area contributed by atoms with Crippen LogP contribution in [-0.2, 0) is 4.79 Å². The Kier molecular flexibility index (Phi) is 3.21. The predicted octanol–water partition coefficient (Wildman–Crippen LogP) is 1.25. The lowest BCUT2D eigenvalue weighted by Gasteiger charge is -2.34. The standard InChI is InChI=1S/C13H17N5OS/c1-8-7-10-11(14)15-13(16-12(10)20-8)18-5-3-17(4-6-18)9(2)19/h7H,3-6H2,1-2H3,(H2,14,15,16). The molecule has 3 rings (SSSR count). The highest BCUT2D eigenvalue weighted by molar-refractivity contribution is 7.18. The van der Waals surface area contributed by atoms with E-state index in [-0.39, 0.29) is 5.91 Å². The summed E-state index contributed by atoms with van der Waals surface area (Å²) in [5.74, 6) is 1.32. The second kappa shape index (κ2) is 4.90. The number of thiophene rings is 1. The molecular weight excluding hydrogens is 274 g/mol. The summed E-state index contributed by atoms with van der Waals surface area (Å²) in [6, 6.07) is 2.02. The Morgan fingerprint density at radius 1 is 1.30 bits per heavy atom. The number of carbonyl (C=O) groups excluding carboxylic acids is 1. The molecule has 0 aliphatic carbocycles. The molecule has 0 atom stereocenters. The van der Waals surface area contributed by atoms with E-state index in [2.05, 4.69) is 14.9 Å². The molecule has 1 aliphatic heterocycles. The first-order valence-electron chi connectivity index (χ1n) is 6.58. The fraction of sp³-hybridized carbons (Fsp3) is 0.462. The van der Waals surface area contributed by atoms with Gasteiger partial charge in [-0.1, -0.05) is 0 Å². The largest absolute Gasteiger partial charge is 0.383 e. The van der Waals surface area contributed by atoms with E-state index in [1.54, 1.807) is 18.3 Å². The number of nitrogens with two attached hydrogens (primary N) is 1. The number of hydrogen-bond donors (Lipinski definition) is 1. The van der Waals surface area contributed by atoms with Crippen LogP contribution in [0.1, 0.15) is 11.8 Å². The fourth-order valence-electron chi connectivity index (χ4n) is 2.42. The molecule has 1 saturated heterocycles. The van der Waals surface area contributed by atoms with Crippen LogP contribution in [0.4, 0.5) is 11.8 Å². The third-order valence-corrected chi connectivity index (χ3v) is 4.49. The zero-order chi connectivity index (χ0) is 14.3. The summed E-state index contributed by atoms with van der Waals surface area (Å²) < 4.78 is 0. The number of hydrogen-bond acceptors (Lipinski definition) is 6. The Morgan fingerprint density at radius 2 is 2.00 bits per heavy atom. The zero-order valence-corrected chi connectivity index (χ0v) is 12.4.